The fourth-order valence-electron chi connectivity index (χ4n) is 0.236. The number of aliphatic imine (C=N–C) groups is 1. The zero-order valence-corrected chi connectivity index (χ0v) is 3.57. The van der Waals surface area contributed by atoms with Crippen molar-refractivity contribution in [3.05, 3.63) is 0 Å². The van der Waals surface area contributed by atoms with E-state index in [9.17, 15) is 0 Å². The molecule has 0 aromatic heterocycles. The number of hydrogen-bond donors (Lipinski definition) is 1. The topological polar surface area (TPSA) is 49.1 Å². The molecule has 4 nitrogen and oxygen atoms in total. The van der Waals surface area contributed by atoms with Crippen LogP contribution in [0.15, 0.2) is 15.2 Å². The molecule has 0 spiro atoms. The second-order valence-electron chi connectivity index (χ2n) is 0.921. The standard InChI is InChI=1S/C3H4N4/c1-2-5-7-6-3-4-1/h1-3,7H. The zero-order chi connectivity index (χ0) is 4.95. The smallest absolute Gasteiger partial charge is 0.137 e. The maximum absolute atomic E-state index is 3.64. The third kappa shape index (κ3) is 1.13. The Labute approximate surface area is 40.6 Å². The molecule has 4 heteroatoms. The first-order valence-electron chi connectivity index (χ1n) is 1.81. The Balaban J connectivity index is 2.60. The first-order valence-corrected chi connectivity index (χ1v) is 1.81. The van der Waals surface area contributed by atoms with Crippen molar-refractivity contribution in [1.82, 2.24) is 5.53 Å². The number of nitrogens with one attached hydrogen (secondary N) is 1. The van der Waals surface area contributed by atoms with E-state index in [0.717, 1.165) is 0 Å². The zero-order valence-electron chi connectivity index (χ0n) is 3.57. The molecule has 0 unspecified atom stereocenters. The van der Waals surface area contributed by atoms with Gasteiger partial charge in [-0.15, -0.1) is 5.10 Å². The minimum Gasteiger partial charge on any atom is -0.241 e. The van der Waals surface area contributed by atoms with E-state index < -0.39 is 0 Å². The molecule has 0 bridgehead atoms. The Bertz CT molecular complexity index is 109. The fraction of sp³-hybridized carbons (Fsp3) is 0. The third-order valence-electron chi connectivity index (χ3n) is 0.467. The van der Waals surface area contributed by atoms with Crippen molar-refractivity contribution in [3.8, 4) is 0 Å². The van der Waals surface area contributed by atoms with Crippen LogP contribution >= 0.6 is 0 Å². The van der Waals surface area contributed by atoms with Crippen molar-refractivity contribution in [1.29, 1.82) is 0 Å². The molecular weight excluding hydrogens is 92.1 g/mol. The molecule has 1 rings (SSSR count). The van der Waals surface area contributed by atoms with Gasteiger partial charge in [-0.3, -0.25) is 0 Å². The maximum Gasteiger partial charge on any atom is 0.137 e. The molecule has 0 saturated carbocycles. The van der Waals surface area contributed by atoms with Crippen LogP contribution in [0.4, 0.5) is 0 Å². The fourth-order valence-corrected chi connectivity index (χ4v) is 0.236. The molecule has 0 fully saturated rings. The summed E-state index contributed by atoms with van der Waals surface area (Å²) in [6.45, 7) is 0. The minimum atomic E-state index is 1.38. The van der Waals surface area contributed by atoms with E-state index in [2.05, 4.69) is 20.7 Å². The molecule has 0 aromatic rings. The van der Waals surface area contributed by atoms with Gasteiger partial charge in [0.15, 0.2) is 0 Å². The van der Waals surface area contributed by atoms with Crippen LogP contribution in [0.3, 0.4) is 0 Å². The van der Waals surface area contributed by atoms with Gasteiger partial charge in [0.1, 0.15) is 6.34 Å². The Kier molecular flexibility index (Phi) is 1.18. The highest BCUT2D eigenvalue weighted by Gasteiger charge is 1.69. The van der Waals surface area contributed by atoms with Crippen molar-refractivity contribution < 1.29 is 0 Å². The van der Waals surface area contributed by atoms with Gasteiger partial charge in [0.05, 0.1) is 6.21 Å². The minimum absolute atomic E-state index is 1.38. The monoisotopic (exact) mass is 96.0 g/mol. The van der Waals surface area contributed by atoms with Crippen LogP contribution in [-0.4, -0.2) is 18.8 Å². The highest BCUT2D eigenvalue weighted by atomic mass is 15.5. The number of hydrogen-bond acceptors (Lipinski definition) is 4. The first kappa shape index (κ1) is 3.98. The van der Waals surface area contributed by atoms with Gasteiger partial charge in [-0.25, -0.2) is 4.99 Å². The Morgan fingerprint density at radius 2 is 2.14 bits per heavy atom. The van der Waals surface area contributed by atoms with E-state index in [1.54, 1.807) is 6.21 Å². The van der Waals surface area contributed by atoms with Gasteiger partial charge < -0.3 is 0 Å². The van der Waals surface area contributed by atoms with Crippen molar-refractivity contribution in [2.24, 2.45) is 15.2 Å². The number of hydrazone groups is 2. The summed E-state index contributed by atoms with van der Waals surface area (Å²) in [5.41, 5.74) is 2.36. The van der Waals surface area contributed by atoms with Crippen molar-refractivity contribution in [2.75, 3.05) is 0 Å². The maximum atomic E-state index is 3.64. The Morgan fingerprint density at radius 1 is 1.14 bits per heavy atom. The summed E-state index contributed by atoms with van der Waals surface area (Å²) in [5, 5.41) is 7.05. The number of nitrogens with zero attached hydrogens (tertiary/aromatic N) is 3. The average Bonchev–Trinajstić information content (AvgIpc) is 1.90. The molecule has 0 aromatic carbocycles. The normalized spacial score (nSPS) is 16.0. The van der Waals surface area contributed by atoms with Crippen LogP contribution < -0.4 is 5.53 Å². The molecule has 7 heavy (non-hydrogen) atoms. The van der Waals surface area contributed by atoms with E-state index in [0.29, 0.717) is 0 Å². The Hall–Kier alpha value is -1.19. The lowest BCUT2D eigenvalue weighted by Crippen LogP contribution is -1.90. The molecule has 1 heterocycles. The molecule has 1 aliphatic heterocycles. The van der Waals surface area contributed by atoms with E-state index in [1.165, 1.54) is 12.6 Å². The lowest BCUT2D eigenvalue weighted by molar-refractivity contribution is 0.820. The SMILES string of the molecule is C1=NC=NNN=C1. The summed E-state index contributed by atoms with van der Waals surface area (Å²) in [6, 6.07) is 0. The molecule has 0 atom stereocenters. The second kappa shape index (κ2) is 2.07. The predicted octanol–water partition coefficient (Wildman–Crippen LogP) is -0.411. The molecule has 0 radical (unpaired) electrons. The van der Waals surface area contributed by atoms with Gasteiger partial charge in [0.25, 0.3) is 0 Å². The largest absolute Gasteiger partial charge is 0.241 e. The summed E-state index contributed by atoms with van der Waals surface area (Å²) in [7, 11) is 0. The van der Waals surface area contributed by atoms with Crippen LogP contribution in [0, 0.1) is 0 Å². The molecule has 1 aliphatic rings. The molecule has 0 amide bonds. The van der Waals surface area contributed by atoms with Crippen molar-refractivity contribution >= 4 is 18.8 Å². The van der Waals surface area contributed by atoms with Gasteiger partial charge >= 0.3 is 0 Å². The van der Waals surface area contributed by atoms with E-state index >= 15 is 0 Å². The molecular formula is C3H4N4. The highest BCUT2D eigenvalue weighted by molar-refractivity contribution is 6.17. The van der Waals surface area contributed by atoms with Crippen LogP contribution in [0.1, 0.15) is 0 Å². The van der Waals surface area contributed by atoms with Crippen LogP contribution in [0.5, 0.6) is 0 Å². The predicted molar refractivity (Wildman–Crippen MR) is 28.6 cm³/mol. The van der Waals surface area contributed by atoms with Gasteiger partial charge in [-0.05, 0) is 0 Å². The average molecular weight is 96.1 g/mol. The Morgan fingerprint density at radius 3 is 3.14 bits per heavy atom. The van der Waals surface area contributed by atoms with Crippen molar-refractivity contribution in [3.63, 3.8) is 0 Å². The molecule has 0 saturated heterocycles. The molecule has 1 N–H and O–H groups in total. The number of rotatable bonds is 0. The van der Waals surface area contributed by atoms with Crippen LogP contribution in [-0.2, 0) is 0 Å². The van der Waals surface area contributed by atoms with Gasteiger partial charge in [0, 0.05) is 6.21 Å². The van der Waals surface area contributed by atoms with Crippen LogP contribution in [0.2, 0.25) is 0 Å². The summed E-state index contributed by atoms with van der Waals surface area (Å²) in [6.07, 6.45) is 4.45. The lowest BCUT2D eigenvalue weighted by atomic mass is 10.8. The summed E-state index contributed by atoms with van der Waals surface area (Å²) < 4.78 is 0. The van der Waals surface area contributed by atoms with E-state index in [1.807, 2.05) is 0 Å². The third-order valence-corrected chi connectivity index (χ3v) is 0.467. The summed E-state index contributed by atoms with van der Waals surface area (Å²) in [5.74, 6) is 0. The molecule has 0 aliphatic carbocycles. The first-order chi connectivity index (χ1) is 3.50. The van der Waals surface area contributed by atoms with Crippen LogP contribution in [0.25, 0.3) is 0 Å². The van der Waals surface area contributed by atoms with Gasteiger partial charge in [0.2, 0.25) is 0 Å². The van der Waals surface area contributed by atoms with Crippen molar-refractivity contribution in [2.45, 2.75) is 0 Å². The summed E-state index contributed by atoms with van der Waals surface area (Å²) >= 11 is 0. The molecule has 36 valence electrons. The van der Waals surface area contributed by atoms with Gasteiger partial charge in [-0.1, -0.05) is 0 Å². The summed E-state index contributed by atoms with van der Waals surface area (Å²) in [4.78, 5) is 3.64. The van der Waals surface area contributed by atoms with Gasteiger partial charge in [-0.2, -0.15) is 10.6 Å². The quantitative estimate of drug-likeness (QED) is 0.438. The second-order valence-corrected chi connectivity index (χ2v) is 0.921. The van der Waals surface area contributed by atoms with E-state index in [4.69, 9.17) is 0 Å². The van der Waals surface area contributed by atoms with E-state index in [-0.39, 0.29) is 0 Å². The lowest BCUT2D eigenvalue weighted by Gasteiger charge is -1.77. The highest BCUT2D eigenvalue weighted by Crippen LogP contribution is 1.63.